The number of carboxylic acids is 1. The number of hydrogen-bond donors (Lipinski definition) is 1. The molecule has 0 bridgehead atoms. The fourth-order valence-corrected chi connectivity index (χ4v) is 1.53. The average molecular weight is 255 g/mol. The first-order valence-corrected chi connectivity index (χ1v) is 5.19. The van der Waals surface area contributed by atoms with E-state index >= 15 is 0 Å². The minimum absolute atomic E-state index is 0.0234. The van der Waals surface area contributed by atoms with Crippen LogP contribution in [0.3, 0.4) is 0 Å². The number of rotatable bonds is 4. The molecule has 0 aliphatic carbocycles. The largest absolute Gasteiger partial charge is 0.478 e. The first kappa shape index (κ1) is 13.3. The molecule has 0 aromatic heterocycles. The maximum Gasteiger partial charge on any atom is 0.337 e. The van der Waals surface area contributed by atoms with E-state index in [9.17, 15) is 9.59 Å². The molecule has 5 heteroatoms. The summed E-state index contributed by atoms with van der Waals surface area (Å²) >= 11 is 5.79. The Morgan fingerprint density at radius 2 is 2.18 bits per heavy atom. The molecule has 0 fully saturated rings. The van der Waals surface area contributed by atoms with E-state index in [-0.39, 0.29) is 23.0 Å². The minimum Gasteiger partial charge on any atom is -0.478 e. The molecule has 0 unspecified atom stereocenters. The fourth-order valence-electron chi connectivity index (χ4n) is 1.27. The van der Waals surface area contributed by atoms with Gasteiger partial charge in [0, 0.05) is 0 Å². The molecule has 1 aromatic rings. The SMILES string of the molecule is COC(=O)CC=Cc1cccc(Cl)c1C(=O)O. The van der Waals surface area contributed by atoms with Crippen molar-refractivity contribution in [3.63, 3.8) is 0 Å². The molecule has 0 atom stereocenters. The predicted octanol–water partition coefficient (Wildman–Crippen LogP) is 2.61. The number of carbonyl (C=O) groups excluding carboxylic acids is 1. The Kier molecular flexibility index (Phi) is 4.72. The molecule has 17 heavy (non-hydrogen) atoms. The van der Waals surface area contributed by atoms with E-state index in [4.69, 9.17) is 16.7 Å². The summed E-state index contributed by atoms with van der Waals surface area (Å²) in [4.78, 5) is 21.9. The van der Waals surface area contributed by atoms with Crippen molar-refractivity contribution in [1.82, 2.24) is 0 Å². The van der Waals surface area contributed by atoms with Crippen LogP contribution < -0.4 is 0 Å². The van der Waals surface area contributed by atoms with E-state index in [1.165, 1.54) is 25.3 Å². The fraction of sp³-hybridized carbons (Fsp3) is 0.167. The van der Waals surface area contributed by atoms with E-state index in [2.05, 4.69) is 4.74 Å². The molecule has 0 heterocycles. The van der Waals surface area contributed by atoms with Gasteiger partial charge in [0.2, 0.25) is 0 Å². The molecule has 1 aromatic carbocycles. The lowest BCUT2D eigenvalue weighted by Crippen LogP contribution is -2.01. The number of halogens is 1. The molecule has 90 valence electrons. The van der Waals surface area contributed by atoms with Crippen LogP contribution in [0.25, 0.3) is 6.08 Å². The summed E-state index contributed by atoms with van der Waals surface area (Å²) < 4.78 is 4.46. The number of aromatic carboxylic acids is 1. The Morgan fingerprint density at radius 1 is 1.47 bits per heavy atom. The first-order valence-electron chi connectivity index (χ1n) is 4.81. The second-order valence-corrected chi connectivity index (χ2v) is 3.60. The molecular weight excluding hydrogens is 244 g/mol. The molecule has 1 N–H and O–H groups in total. The lowest BCUT2D eigenvalue weighted by Gasteiger charge is -2.03. The van der Waals surface area contributed by atoms with Crippen molar-refractivity contribution < 1.29 is 19.4 Å². The Bertz CT molecular complexity index is 466. The molecular formula is C12H11ClO4. The average Bonchev–Trinajstić information content (AvgIpc) is 2.28. The van der Waals surface area contributed by atoms with Crippen LogP contribution in [-0.4, -0.2) is 24.2 Å². The maximum atomic E-state index is 11.0. The number of benzene rings is 1. The summed E-state index contributed by atoms with van der Waals surface area (Å²) in [5.74, 6) is -1.49. The lowest BCUT2D eigenvalue weighted by molar-refractivity contribution is -0.139. The maximum absolute atomic E-state index is 11.0. The smallest absolute Gasteiger partial charge is 0.337 e. The second-order valence-electron chi connectivity index (χ2n) is 3.19. The molecule has 1 rings (SSSR count). The van der Waals surface area contributed by atoms with Crippen molar-refractivity contribution in [2.45, 2.75) is 6.42 Å². The van der Waals surface area contributed by atoms with Crippen molar-refractivity contribution in [3.8, 4) is 0 Å². The summed E-state index contributed by atoms with van der Waals surface area (Å²) in [5.41, 5.74) is 0.476. The van der Waals surface area contributed by atoms with Gasteiger partial charge in [0.05, 0.1) is 24.1 Å². The Balaban J connectivity index is 2.95. The van der Waals surface area contributed by atoms with Crippen LogP contribution >= 0.6 is 11.6 Å². The quantitative estimate of drug-likeness (QED) is 0.839. The number of carbonyl (C=O) groups is 2. The highest BCUT2D eigenvalue weighted by Gasteiger charge is 2.12. The number of ether oxygens (including phenoxy) is 1. The zero-order chi connectivity index (χ0) is 12.8. The zero-order valence-electron chi connectivity index (χ0n) is 9.14. The van der Waals surface area contributed by atoms with Crippen molar-refractivity contribution in [2.24, 2.45) is 0 Å². The van der Waals surface area contributed by atoms with Gasteiger partial charge in [0.15, 0.2) is 0 Å². The Morgan fingerprint density at radius 3 is 2.76 bits per heavy atom. The summed E-state index contributed by atoms with van der Waals surface area (Å²) in [6, 6.07) is 4.76. The molecule has 0 amide bonds. The van der Waals surface area contributed by atoms with Gasteiger partial charge in [-0.15, -0.1) is 0 Å². The molecule has 0 spiro atoms. The highest BCUT2D eigenvalue weighted by molar-refractivity contribution is 6.33. The van der Waals surface area contributed by atoms with Gasteiger partial charge in [-0.25, -0.2) is 4.79 Å². The molecule has 0 saturated carbocycles. The third-order valence-corrected chi connectivity index (χ3v) is 2.38. The van der Waals surface area contributed by atoms with Gasteiger partial charge in [-0.1, -0.05) is 35.9 Å². The number of esters is 1. The van der Waals surface area contributed by atoms with E-state index < -0.39 is 5.97 Å². The van der Waals surface area contributed by atoms with Gasteiger partial charge in [-0.3, -0.25) is 4.79 Å². The third kappa shape index (κ3) is 3.60. The van der Waals surface area contributed by atoms with Crippen molar-refractivity contribution in [3.05, 3.63) is 40.4 Å². The van der Waals surface area contributed by atoms with Crippen molar-refractivity contribution >= 4 is 29.6 Å². The number of carboxylic acid groups (broad SMARTS) is 1. The minimum atomic E-state index is -1.10. The predicted molar refractivity (Wildman–Crippen MR) is 64.1 cm³/mol. The molecule has 0 saturated heterocycles. The van der Waals surface area contributed by atoms with E-state index in [1.54, 1.807) is 12.1 Å². The van der Waals surface area contributed by atoms with Gasteiger partial charge in [-0.05, 0) is 11.6 Å². The van der Waals surface area contributed by atoms with Gasteiger partial charge in [-0.2, -0.15) is 0 Å². The monoisotopic (exact) mass is 254 g/mol. The topological polar surface area (TPSA) is 63.6 Å². The van der Waals surface area contributed by atoms with Crippen LogP contribution in [0.1, 0.15) is 22.3 Å². The summed E-state index contributed by atoms with van der Waals surface area (Å²) in [6.45, 7) is 0. The highest BCUT2D eigenvalue weighted by Crippen LogP contribution is 2.21. The normalized spacial score (nSPS) is 10.5. The van der Waals surface area contributed by atoms with Crippen LogP contribution in [0.5, 0.6) is 0 Å². The third-order valence-electron chi connectivity index (χ3n) is 2.07. The molecule has 0 aliphatic heterocycles. The first-order chi connectivity index (χ1) is 8.06. The Labute approximate surface area is 103 Å². The van der Waals surface area contributed by atoms with E-state index in [0.29, 0.717) is 5.56 Å². The van der Waals surface area contributed by atoms with Gasteiger partial charge in [0.1, 0.15) is 0 Å². The van der Waals surface area contributed by atoms with Crippen LogP contribution in [0, 0.1) is 0 Å². The molecule has 0 radical (unpaired) electrons. The number of methoxy groups -OCH3 is 1. The molecule has 0 aliphatic rings. The number of hydrogen-bond acceptors (Lipinski definition) is 3. The lowest BCUT2D eigenvalue weighted by atomic mass is 10.1. The molecule has 4 nitrogen and oxygen atoms in total. The Hall–Kier alpha value is -1.81. The van der Waals surface area contributed by atoms with Crippen LogP contribution in [0.15, 0.2) is 24.3 Å². The van der Waals surface area contributed by atoms with Crippen molar-refractivity contribution in [1.29, 1.82) is 0 Å². The van der Waals surface area contributed by atoms with E-state index in [0.717, 1.165) is 0 Å². The summed E-state index contributed by atoms with van der Waals surface area (Å²) in [6.07, 6.45) is 3.15. The standard InChI is InChI=1S/C12H11ClO4/c1-17-10(14)7-3-5-8-4-2-6-9(13)11(8)12(15)16/h2-6H,7H2,1H3,(H,15,16). The van der Waals surface area contributed by atoms with Crippen LogP contribution in [0.4, 0.5) is 0 Å². The summed E-state index contributed by atoms with van der Waals surface area (Å²) in [7, 11) is 1.29. The van der Waals surface area contributed by atoms with Crippen molar-refractivity contribution in [2.75, 3.05) is 7.11 Å². The highest BCUT2D eigenvalue weighted by atomic mass is 35.5. The van der Waals surface area contributed by atoms with Gasteiger partial charge >= 0.3 is 11.9 Å². The summed E-state index contributed by atoms with van der Waals surface area (Å²) in [5, 5.41) is 9.16. The van der Waals surface area contributed by atoms with Crippen LogP contribution in [-0.2, 0) is 9.53 Å². The zero-order valence-corrected chi connectivity index (χ0v) is 9.90. The van der Waals surface area contributed by atoms with Gasteiger partial charge in [0.25, 0.3) is 0 Å². The van der Waals surface area contributed by atoms with Crippen LogP contribution in [0.2, 0.25) is 5.02 Å². The second kappa shape index (κ2) is 6.06. The van der Waals surface area contributed by atoms with E-state index in [1.807, 2.05) is 0 Å². The van der Waals surface area contributed by atoms with Gasteiger partial charge < -0.3 is 9.84 Å².